The SMILES string of the molecule is O=C(C1CC(F)(F)C1)N1CC2CCC1c1cnc(NCC3CC3)nc12. The Bertz CT molecular complexity index is 713. The third-order valence-electron chi connectivity index (χ3n) is 6.14. The number of hydrogen-bond donors (Lipinski definition) is 1. The summed E-state index contributed by atoms with van der Waals surface area (Å²) in [6.07, 6.45) is 5.68. The predicted octanol–water partition coefficient (Wildman–Crippen LogP) is 3.10. The molecule has 1 aromatic rings. The lowest BCUT2D eigenvalue weighted by molar-refractivity contribution is -0.164. The summed E-state index contributed by atoms with van der Waals surface area (Å²) in [5.41, 5.74) is 2.06. The van der Waals surface area contributed by atoms with Crippen LogP contribution in [0, 0.1) is 11.8 Å². The summed E-state index contributed by atoms with van der Waals surface area (Å²) in [6.45, 7) is 1.53. The van der Waals surface area contributed by atoms with Gasteiger partial charge in [-0.25, -0.2) is 18.7 Å². The third-order valence-corrected chi connectivity index (χ3v) is 6.14. The lowest BCUT2D eigenvalue weighted by Crippen LogP contribution is -2.52. The molecule has 2 atom stereocenters. The van der Waals surface area contributed by atoms with Crippen molar-refractivity contribution < 1.29 is 13.6 Å². The van der Waals surface area contributed by atoms with E-state index in [1.807, 2.05) is 11.1 Å². The molecule has 3 fully saturated rings. The van der Waals surface area contributed by atoms with Gasteiger partial charge in [0.05, 0.1) is 11.7 Å². The minimum Gasteiger partial charge on any atom is -0.354 e. The number of carbonyl (C=O) groups excluding carboxylic acids is 1. The van der Waals surface area contributed by atoms with Crippen molar-refractivity contribution >= 4 is 11.9 Å². The van der Waals surface area contributed by atoms with Crippen molar-refractivity contribution in [1.82, 2.24) is 14.9 Å². The topological polar surface area (TPSA) is 58.1 Å². The van der Waals surface area contributed by atoms with Gasteiger partial charge in [0.15, 0.2) is 0 Å². The molecule has 5 nitrogen and oxygen atoms in total. The Morgan fingerprint density at radius 2 is 2.08 bits per heavy atom. The van der Waals surface area contributed by atoms with Crippen molar-refractivity contribution in [2.24, 2.45) is 11.8 Å². The van der Waals surface area contributed by atoms with Crippen molar-refractivity contribution in [3.63, 3.8) is 0 Å². The molecule has 3 heterocycles. The molecule has 7 heteroatoms. The summed E-state index contributed by atoms with van der Waals surface area (Å²) >= 11 is 0. The van der Waals surface area contributed by atoms with E-state index in [4.69, 9.17) is 4.98 Å². The van der Waals surface area contributed by atoms with Crippen LogP contribution < -0.4 is 5.32 Å². The smallest absolute Gasteiger partial charge is 0.249 e. The van der Waals surface area contributed by atoms with Crippen LogP contribution in [-0.2, 0) is 4.79 Å². The number of halogens is 2. The molecule has 6 rings (SSSR count). The average molecular weight is 348 g/mol. The molecule has 2 bridgehead atoms. The van der Waals surface area contributed by atoms with Gasteiger partial charge in [0.2, 0.25) is 17.8 Å². The standard InChI is InChI=1S/C18H22F2N4O/c19-18(20)5-12(6-18)16(25)24-9-11-3-4-14(24)13-8-22-17(23-15(11)13)21-7-10-1-2-10/h8,10-12,14H,1-7,9H2,(H,21,22,23). The van der Waals surface area contributed by atoms with Gasteiger partial charge >= 0.3 is 0 Å². The molecule has 0 aromatic carbocycles. The molecule has 2 unspecified atom stereocenters. The number of hydrogen-bond acceptors (Lipinski definition) is 4. The first-order valence-corrected chi connectivity index (χ1v) is 9.29. The van der Waals surface area contributed by atoms with Crippen LogP contribution >= 0.6 is 0 Å². The molecule has 1 N–H and O–H groups in total. The molecule has 3 aliphatic carbocycles. The molecular formula is C18H22F2N4O. The Hall–Kier alpha value is -1.79. The highest BCUT2D eigenvalue weighted by molar-refractivity contribution is 5.81. The van der Waals surface area contributed by atoms with Crippen molar-refractivity contribution in [3.05, 3.63) is 17.5 Å². The van der Waals surface area contributed by atoms with E-state index in [0.29, 0.717) is 12.5 Å². The van der Waals surface area contributed by atoms with E-state index in [1.54, 1.807) is 0 Å². The predicted molar refractivity (Wildman–Crippen MR) is 87.3 cm³/mol. The molecule has 2 aliphatic heterocycles. The minimum absolute atomic E-state index is 0.0424. The summed E-state index contributed by atoms with van der Waals surface area (Å²) in [5.74, 6) is -1.65. The molecule has 1 saturated heterocycles. The van der Waals surface area contributed by atoms with Crippen LogP contribution in [0.5, 0.6) is 0 Å². The number of nitrogens with one attached hydrogen (secondary N) is 1. The van der Waals surface area contributed by atoms with Gasteiger partial charge in [0, 0.05) is 49.5 Å². The Balaban J connectivity index is 1.34. The van der Waals surface area contributed by atoms with Crippen LogP contribution in [-0.4, -0.2) is 39.8 Å². The fourth-order valence-corrected chi connectivity index (χ4v) is 4.46. The van der Waals surface area contributed by atoms with Gasteiger partial charge in [-0.1, -0.05) is 0 Å². The van der Waals surface area contributed by atoms with Crippen molar-refractivity contribution in [2.75, 3.05) is 18.4 Å². The van der Waals surface area contributed by atoms with Crippen molar-refractivity contribution in [3.8, 4) is 0 Å². The average Bonchev–Trinajstić information content (AvgIpc) is 3.42. The highest BCUT2D eigenvalue weighted by Gasteiger charge is 2.52. The van der Waals surface area contributed by atoms with E-state index in [2.05, 4.69) is 10.3 Å². The summed E-state index contributed by atoms with van der Waals surface area (Å²) in [4.78, 5) is 23.6. The molecule has 134 valence electrons. The number of alkyl halides is 2. The number of fused-ring (bicyclic) bond motifs is 2. The van der Waals surface area contributed by atoms with Crippen LogP contribution in [0.3, 0.4) is 0 Å². The number of piperidine rings is 1. The quantitative estimate of drug-likeness (QED) is 0.908. The Morgan fingerprint density at radius 1 is 1.28 bits per heavy atom. The van der Waals surface area contributed by atoms with Crippen molar-refractivity contribution in [1.29, 1.82) is 0 Å². The number of nitrogens with zero attached hydrogens (tertiary/aromatic N) is 3. The van der Waals surface area contributed by atoms with Gasteiger partial charge in [0.1, 0.15) is 0 Å². The first kappa shape index (κ1) is 15.5. The molecule has 1 amide bonds. The van der Waals surface area contributed by atoms with Gasteiger partial charge in [-0.15, -0.1) is 0 Å². The van der Waals surface area contributed by atoms with Gasteiger partial charge in [0.25, 0.3) is 0 Å². The molecule has 5 aliphatic rings. The molecular weight excluding hydrogens is 326 g/mol. The summed E-state index contributed by atoms with van der Waals surface area (Å²) < 4.78 is 26.2. The summed E-state index contributed by atoms with van der Waals surface area (Å²) in [5, 5.41) is 3.31. The first-order chi connectivity index (χ1) is 12.0. The van der Waals surface area contributed by atoms with E-state index < -0.39 is 11.8 Å². The summed E-state index contributed by atoms with van der Waals surface area (Å²) in [6, 6.07) is -0.0424. The zero-order valence-electron chi connectivity index (χ0n) is 14.0. The molecule has 0 spiro atoms. The third kappa shape index (κ3) is 2.68. The van der Waals surface area contributed by atoms with Gasteiger partial charge in [-0.05, 0) is 31.6 Å². The largest absolute Gasteiger partial charge is 0.354 e. The van der Waals surface area contributed by atoms with Crippen LogP contribution in [0.25, 0.3) is 0 Å². The molecule has 1 aromatic heterocycles. The van der Waals surface area contributed by atoms with Crippen LogP contribution in [0.2, 0.25) is 0 Å². The van der Waals surface area contributed by atoms with Crippen LogP contribution in [0.1, 0.15) is 61.7 Å². The monoisotopic (exact) mass is 348 g/mol. The van der Waals surface area contributed by atoms with E-state index in [9.17, 15) is 13.6 Å². The molecule has 2 saturated carbocycles. The fourth-order valence-electron chi connectivity index (χ4n) is 4.46. The van der Waals surface area contributed by atoms with Gasteiger partial charge in [-0.2, -0.15) is 0 Å². The zero-order chi connectivity index (χ0) is 17.2. The van der Waals surface area contributed by atoms with E-state index in [1.165, 1.54) is 12.8 Å². The minimum atomic E-state index is -2.65. The van der Waals surface area contributed by atoms with Crippen molar-refractivity contribution in [2.45, 2.75) is 56.4 Å². The maximum atomic E-state index is 13.1. The number of rotatable bonds is 4. The normalized spacial score (nSPS) is 29.9. The number of anilines is 1. The van der Waals surface area contributed by atoms with Crippen LogP contribution in [0.15, 0.2) is 6.20 Å². The number of amides is 1. The van der Waals surface area contributed by atoms with Gasteiger partial charge < -0.3 is 10.2 Å². The van der Waals surface area contributed by atoms with E-state index >= 15 is 0 Å². The number of carbonyl (C=O) groups is 1. The van der Waals surface area contributed by atoms with E-state index in [-0.39, 0.29) is 30.7 Å². The maximum absolute atomic E-state index is 13.1. The van der Waals surface area contributed by atoms with Crippen LogP contribution in [0.4, 0.5) is 14.7 Å². The van der Waals surface area contributed by atoms with Gasteiger partial charge in [-0.3, -0.25) is 4.79 Å². The molecule has 25 heavy (non-hydrogen) atoms. The summed E-state index contributed by atoms with van der Waals surface area (Å²) in [7, 11) is 0. The first-order valence-electron chi connectivity index (χ1n) is 9.29. The lowest BCUT2D eigenvalue weighted by atomic mass is 9.75. The second-order valence-corrected chi connectivity index (χ2v) is 8.10. The fraction of sp³-hybridized carbons (Fsp3) is 0.722. The highest BCUT2D eigenvalue weighted by atomic mass is 19.3. The zero-order valence-corrected chi connectivity index (χ0v) is 14.0. The Labute approximate surface area is 145 Å². The number of aromatic nitrogens is 2. The maximum Gasteiger partial charge on any atom is 0.249 e. The molecule has 0 radical (unpaired) electrons. The van der Waals surface area contributed by atoms with E-state index in [0.717, 1.165) is 36.6 Å². The Kier molecular flexibility index (Phi) is 3.31. The Morgan fingerprint density at radius 3 is 2.80 bits per heavy atom. The highest BCUT2D eigenvalue weighted by Crippen LogP contribution is 2.49. The lowest BCUT2D eigenvalue weighted by Gasteiger charge is -2.48. The second kappa shape index (κ2) is 5.35. The second-order valence-electron chi connectivity index (χ2n) is 8.10.